The van der Waals surface area contributed by atoms with Crippen molar-refractivity contribution in [1.82, 2.24) is 9.97 Å². The van der Waals surface area contributed by atoms with Crippen molar-refractivity contribution >= 4 is 45.6 Å². The number of nitrogens with one attached hydrogen (secondary N) is 1. The number of oxazole rings is 1. The van der Waals surface area contributed by atoms with Crippen LogP contribution in [0.15, 0.2) is 52.3 Å². The zero-order valence-corrected chi connectivity index (χ0v) is 18.1. The van der Waals surface area contributed by atoms with Gasteiger partial charge in [0.25, 0.3) is 0 Å². The SMILES string of the molecule is CC(C)c1nc2cc(NC(=O)Cc3csc(COc4ccc(Cl)cc4)n3)ccc2o1. The van der Waals surface area contributed by atoms with Crippen molar-refractivity contribution in [3.63, 3.8) is 0 Å². The maximum atomic E-state index is 12.4. The van der Waals surface area contributed by atoms with E-state index in [-0.39, 0.29) is 18.2 Å². The number of nitrogens with zero attached hydrogens (tertiary/aromatic N) is 2. The molecule has 0 aliphatic heterocycles. The molecule has 0 unspecified atom stereocenters. The Morgan fingerprint density at radius 3 is 2.77 bits per heavy atom. The Hall–Kier alpha value is -2.90. The summed E-state index contributed by atoms with van der Waals surface area (Å²) < 4.78 is 11.4. The van der Waals surface area contributed by atoms with Gasteiger partial charge < -0.3 is 14.5 Å². The van der Waals surface area contributed by atoms with E-state index in [0.29, 0.717) is 34.5 Å². The molecule has 30 heavy (non-hydrogen) atoms. The van der Waals surface area contributed by atoms with E-state index in [9.17, 15) is 4.79 Å². The summed E-state index contributed by atoms with van der Waals surface area (Å²) in [5.74, 6) is 1.47. The number of carbonyl (C=O) groups excluding carboxylic acids is 1. The Morgan fingerprint density at radius 2 is 2.00 bits per heavy atom. The minimum Gasteiger partial charge on any atom is -0.486 e. The summed E-state index contributed by atoms with van der Waals surface area (Å²) in [6, 6.07) is 12.6. The van der Waals surface area contributed by atoms with Gasteiger partial charge in [-0.2, -0.15) is 0 Å². The summed E-state index contributed by atoms with van der Waals surface area (Å²) in [4.78, 5) is 21.4. The minimum atomic E-state index is -0.141. The van der Waals surface area contributed by atoms with E-state index in [2.05, 4.69) is 15.3 Å². The van der Waals surface area contributed by atoms with Crippen LogP contribution < -0.4 is 10.1 Å². The lowest BCUT2D eigenvalue weighted by molar-refractivity contribution is -0.115. The molecule has 2 heterocycles. The van der Waals surface area contributed by atoms with Crippen molar-refractivity contribution in [3.05, 3.63) is 69.5 Å². The number of benzene rings is 2. The summed E-state index contributed by atoms with van der Waals surface area (Å²) in [5, 5.41) is 6.23. The predicted molar refractivity (Wildman–Crippen MR) is 118 cm³/mol. The van der Waals surface area contributed by atoms with Crippen LogP contribution in [0.5, 0.6) is 5.75 Å². The Bertz CT molecular complexity index is 1170. The van der Waals surface area contributed by atoms with Crippen molar-refractivity contribution in [1.29, 1.82) is 0 Å². The number of halogens is 1. The van der Waals surface area contributed by atoms with Gasteiger partial charge in [0, 0.05) is 22.0 Å². The van der Waals surface area contributed by atoms with Crippen LogP contribution in [0.2, 0.25) is 5.02 Å². The Labute approximate surface area is 182 Å². The molecule has 2 aromatic carbocycles. The van der Waals surface area contributed by atoms with Crippen LogP contribution in [0, 0.1) is 0 Å². The van der Waals surface area contributed by atoms with E-state index in [1.165, 1.54) is 11.3 Å². The second kappa shape index (κ2) is 8.85. The number of carbonyl (C=O) groups is 1. The number of hydrogen-bond acceptors (Lipinski definition) is 6. The highest BCUT2D eigenvalue weighted by molar-refractivity contribution is 7.09. The molecule has 0 bridgehead atoms. The molecule has 4 aromatic rings. The molecule has 0 saturated carbocycles. The van der Waals surface area contributed by atoms with E-state index < -0.39 is 0 Å². The predicted octanol–water partition coefficient (Wildman–Crippen LogP) is 5.82. The maximum Gasteiger partial charge on any atom is 0.230 e. The second-order valence-electron chi connectivity index (χ2n) is 7.09. The monoisotopic (exact) mass is 441 g/mol. The van der Waals surface area contributed by atoms with Gasteiger partial charge in [0.2, 0.25) is 5.91 Å². The van der Waals surface area contributed by atoms with Crippen LogP contribution in [0.1, 0.15) is 36.4 Å². The summed E-state index contributed by atoms with van der Waals surface area (Å²) >= 11 is 7.33. The second-order valence-corrected chi connectivity index (χ2v) is 8.47. The zero-order chi connectivity index (χ0) is 21.1. The third-order valence-electron chi connectivity index (χ3n) is 4.30. The number of ether oxygens (including phenoxy) is 1. The van der Waals surface area contributed by atoms with Gasteiger partial charge in [-0.3, -0.25) is 4.79 Å². The molecule has 0 radical (unpaired) electrons. The number of fused-ring (bicyclic) bond motifs is 1. The molecule has 1 N–H and O–H groups in total. The van der Waals surface area contributed by atoms with Gasteiger partial charge in [0.05, 0.1) is 12.1 Å². The van der Waals surface area contributed by atoms with Gasteiger partial charge in [-0.15, -0.1) is 11.3 Å². The Morgan fingerprint density at radius 1 is 1.20 bits per heavy atom. The molecule has 0 aliphatic rings. The van der Waals surface area contributed by atoms with Gasteiger partial charge in [-0.1, -0.05) is 25.4 Å². The molecule has 0 atom stereocenters. The van der Waals surface area contributed by atoms with Gasteiger partial charge in [-0.25, -0.2) is 9.97 Å². The lowest BCUT2D eigenvalue weighted by Crippen LogP contribution is -2.14. The van der Waals surface area contributed by atoms with Crippen molar-refractivity contribution in [2.45, 2.75) is 32.8 Å². The first-order valence-electron chi connectivity index (χ1n) is 9.48. The fourth-order valence-electron chi connectivity index (χ4n) is 2.81. The van der Waals surface area contributed by atoms with Gasteiger partial charge in [0.15, 0.2) is 11.5 Å². The third-order valence-corrected chi connectivity index (χ3v) is 5.42. The van der Waals surface area contributed by atoms with Gasteiger partial charge in [-0.05, 0) is 42.5 Å². The summed E-state index contributed by atoms with van der Waals surface area (Å²) in [6.45, 7) is 4.39. The Balaban J connectivity index is 1.34. The van der Waals surface area contributed by atoms with Crippen molar-refractivity contribution < 1.29 is 13.9 Å². The number of aromatic nitrogens is 2. The normalized spacial score (nSPS) is 11.2. The van der Waals surface area contributed by atoms with Crippen LogP contribution in [-0.2, 0) is 17.8 Å². The molecule has 154 valence electrons. The van der Waals surface area contributed by atoms with Crippen LogP contribution in [-0.4, -0.2) is 15.9 Å². The first-order valence-corrected chi connectivity index (χ1v) is 10.7. The van der Waals surface area contributed by atoms with Crippen molar-refractivity contribution in [2.75, 3.05) is 5.32 Å². The first kappa shape index (κ1) is 20.4. The molecule has 0 spiro atoms. The zero-order valence-electron chi connectivity index (χ0n) is 16.5. The molecule has 2 aromatic heterocycles. The third kappa shape index (κ3) is 4.98. The highest BCUT2D eigenvalue weighted by Gasteiger charge is 2.12. The van der Waals surface area contributed by atoms with E-state index in [1.54, 1.807) is 24.3 Å². The molecule has 0 saturated heterocycles. The molecule has 1 amide bonds. The smallest absolute Gasteiger partial charge is 0.230 e. The standard InChI is InChI=1S/C22H20ClN3O3S/c1-13(2)22-26-18-9-15(5-8-19(18)29-22)24-20(27)10-16-12-30-21(25-16)11-28-17-6-3-14(23)4-7-17/h3-9,12-13H,10-11H2,1-2H3,(H,24,27). The summed E-state index contributed by atoms with van der Waals surface area (Å²) in [6.07, 6.45) is 0.186. The van der Waals surface area contributed by atoms with Gasteiger partial charge in [0.1, 0.15) is 22.9 Å². The molecule has 6 nitrogen and oxygen atoms in total. The molecule has 0 fully saturated rings. The van der Waals surface area contributed by atoms with Crippen LogP contribution in [0.3, 0.4) is 0 Å². The highest BCUT2D eigenvalue weighted by atomic mass is 35.5. The van der Waals surface area contributed by atoms with E-state index >= 15 is 0 Å². The molecular weight excluding hydrogens is 422 g/mol. The summed E-state index contributed by atoms with van der Waals surface area (Å²) in [7, 11) is 0. The molecule has 8 heteroatoms. The van der Waals surface area contributed by atoms with Gasteiger partial charge >= 0.3 is 0 Å². The average molecular weight is 442 g/mol. The molecule has 0 aliphatic carbocycles. The number of amides is 1. The van der Waals surface area contributed by atoms with Crippen LogP contribution >= 0.6 is 22.9 Å². The molecule has 4 rings (SSSR count). The average Bonchev–Trinajstić information content (AvgIpc) is 3.34. The largest absolute Gasteiger partial charge is 0.486 e. The van der Waals surface area contributed by atoms with E-state index in [0.717, 1.165) is 16.3 Å². The number of hydrogen-bond donors (Lipinski definition) is 1. The van der Waals surface area contributed by atoms with E-state index in [4.69, 9.17) is 20.8 Å². The molecular formula is C22H20ClN3O3S. The number of anilines is 1. The Kier molecular flexibility index (Phi) is 6.01. The number of thiazole rings is 1. The lowest BCUT2D eigenvalue weighted by Gasteiger charge is -2.04. The summed E-state index contributed by atoms with van der Waals surface area (Å²) in [5.41, 5.74) is 2.82. The topological polar surface area (TPSA) is 77.2 Å². The quantitative estimate of drug-likeness (QED) is 0.391. The maximum absolute atomic E-state index is 12.4. The van der Waals surface area contributed by atoms with Crippen LogP contribution in [0.4, 0.5) is 5.69 Å². The first-order chi connectivity index (χ1) is 14.5. The fraction of sp³-hybridized carbons (Fsp3) is 0.227. The number of rotatable bonds is 7. The minimum absolute atomic E-state index is 0.141. The van der Waals surface area contributed by atoms with Crippen molar-refractivity contribution in [2.24, 2.45) is 0 Å². The fourth-order valence-corrected chi connectivity index (χ4v) is 3.64. The van der Waals surface area contributed by atoms with Crippen LogP contribution in [0.25, 0.3) is 11.1 Å². The highest BCUT2D eigenvalue weighted by Crippen LogP contribution is 2.24. The van der Waals surface area contributed by atoms with Crippen molar-refractivity contribution in [3.8, 4) is 5.75 Å². The lowest BCUT2D eigenvalue weighted by atomic mass is 10.2. The van der Waals surface area contributed by atoms with E-state index in [1.807, 2.05) is 37.4 Å².